The summed E-state index contributed by atoms with van der Waals surface area (Å²) in [5.74, 6) is -1.02. The van der Waals surface area contributed by atoms with Crippen LogP contribution in [0.2, 0.25) is 0 Å². The van der Waals surface area contributed by atoms with Gasteiger partial charge in [0.25, 0.3) is 17.7 Å². The molecule has 1 N–H and O–H groups in total. The first-order valence-corrected chi connectivity index (χ1v) is 12.5. The highest BCUT2D eigenvalue weighted by atomic mass is 16.2. The summed E-state index contributed by atoms with van der Waals surface area (Å²) in [5, 5.41) is 2.95. The normalized spacial score (nSPS) is 16.4. The Morgan fingerprint density at radius 3 is 2.16 bits per heavy atom. The number of benzene rings is 2. The fourth-order valence-corrected chi connectivity index (χ4v) is 5.02. The Hall–Kier alpha value is -4.33. The van der Waals surface area contributed by atoms with Crippen LogP contribution in [0.25, 0.3) is 0 Å². The smallest absolute Gasteiger partial charge is 0.262 e. The van der Waals surface area contributed by atoms with E-state index in [4.69, 9.17) is 0 Å². The van der Waals surface area contributed by atoms with E-state index >= 15 is 0 Å². The maximum Gasteiger partial charge on any atom is 0.262 e. The summed E-state index contributed by atoms with van der Waals surface area (Å²) in [5.41, 5.74) is 2.06. The molecule has 1 atom stereocenters. The highest BCUT2D eigenvalue weighted by molar-refractivity contribution is 6.22. The lowest BCUT2D eigenvalue weighted by Gasteiger charge is -2.36. The number of rotatable bonds is 7. The molecule has 188 valence electrons. The highest BCUT2D eigenvalue weighted by Crippen LogP contribution is 2.28. The monoisotopic (exact) mass is 496 g/mol. The van der Waals surface area contributed by atoms with Gasteiger partial charge in [0.1, 0.15) is 6.04 Å². The molecule has 1 saturated heterocycles. The average Bonchev–Trinajstić information content (AvgIpc) is 3.21. The molecule has 1 fully saturated rings. The zero-order valence-corrected chi connectivity index (χ0v) is 20.4. The van der Waals surface area contributed by atoms with Crippen LogP contribution in [0, 0.1) is 5.92 Å². The Labute approximate surface area is 215 Å². The first-order valence-electron chi connectivity index (χ1n) is 12.5. The van der Waals surface area contributed by atoms with Gasteiger partial charge in [-0.15, -0.1) is 0 Å². The third-order valence-corrected chi connectivity index (χ3v) is 7.10. The molecule has 1 unspecified atom stereocenters. The number of likely N-dealkylation sites (tertiary alicyclic amines) is 1. The van der Waals surface area contributed by atoms with Crippen molar-refractivity contribution in [2.45, 2.75) is 25.3 Å². The maximum atomic E-state index is 13.8. The number of nitrogens with zero attached hydrogens (tertiary/aromatic N) is 3. The first kappa shape index (κ1) is 24.4. The van der Waals surface area contributed by atoms with Gasteiger partial charge in [-0.25, -0.2) is 0 Å². The minimum atomic E-state index is -0.920. The number of imide groups is 1. The Kier molecular flexibility index (Phi) is 7.07. The number of hydrogen-bond donors (Lipinski definition) is 1. The van der Waals surface area contributed by atoms with E-state index < -0.39 is 17.9 Å². The van der Waals surface area contributed by atoms with Gasteiger partial charge in [0, 0.05) is 38.4 Å². The molecule has 0 bridgehead atoms. The Morgan fingerprint density at radius 1 is 0.892 bits per heavy atom. The van der Waals surface area contributed by atoms with E-state index in [2.05, 4.69) is 10.3 Å². The van der Waals surface area contributed by atoms with Gasteiger partial charge in [-0.2, -0.15) is 0 Å². The molecule has 4 amide bonds. The van der Waals surface area contributed by atoms with Crippen molar-refractivity contribution in [2.24, 2.45) is 5.92 Å². The zero-order chi connectivity index (χ0) is 25.8. The second kappa shape index (κ2) is 10.7. The summed E-state index contributed by atoms with van der Waals surface area (Å²) >= 11 is 0. The van der Waals surface area contributed by atoms with Crippen LogP contribution in [-0.2, 0) is 11.2 Å². The quantitative estimate of drug-likeness (QED) is 0.507. The van der Waals surface area contributed by atoms with Gasteiger partial charge < -0.3 is 10.2 Å². The van der Waals surface area contributed by atoms with Gasteiger partial charge in [-0.05, 0) is 48.6 Å². The van der Waals surface area contributed by atoms with Crippen LogP contribution in [0.4, 0.5) is 0 Å². The molecular formula is C29H28N4O4. The highest BCUT2D eigenvalue weighted by Gasteiger charge is 2.44. The molecule has 0 radical (unpaired) electrons. The summed E-state index contributed by atoms with van der Waals surface area (Å²) in [6.07, 6.45) is 4.85. The maximum absolute atomic E-state index is 13.8. The number of carbonyl (C=O) groups excluding carboxylic acids is 4. The van der Waals surface area contributed by atoms with Crippen molar-refractivity contribution < 1.29 is 19.2 Å². The lowest BCUT2D eigenvalue weighted by Crippen LogP contribution is -2.54. The third kappa shape index (κ3) is 5.14. The fourth-order valence-electron chi connectivity index (χ4n) is 5.02. The van der Waals surface area contributed by atoms with E-state index in [1.807, 2.05) is 30.3 Å². The number of carbonyl (C=O) groups is 4. The third-order valence-electron chi connectivity index (χ3n) is 7.10. The number of hydrogen-bond acceptors (Lipinski definition) is 5. The molecule has 2 aliphatic rings. The first-order chi connectivity index (χ1) is 18.0. The van der Waals surface area contributed by atoms with Crippen molar-refractivity contribution in [3.63, 3.8) is 0 Å². The van der Waals surface area contributed by atoms with Crippen molar-refractivity contribution >= 4 is 23.6 Å². The lowest BCUT2D eigenvalue weighted by atomic mass is 9.95. The van der Waals surface area contributed by atoms with Crippen LogP contribution in [0.5, 0.6) is 0 Å². The van der Waals surface area contributed by atoms with E-state index in [0.29, 0.717) is 36.3 Å². The number of aromatic nitrogens is 1. The van der Waals surface area contributed by atoms with Crippen LogP contribution in [0.3, 0.4) is 0 Å². The molecule has 0 saturated carbocycles. The van der Waals surface area contributed by atoms with Gasteiger partial charge in [-0.1, -0.05) is 42.5 Å². The minimum absolute atomic E-state index is 0.167. The summed E-state index contributed by atoms with van der Waals surface area (Å²) in [6, 6.07) is 18.7. The number of amides is 4. The Bertz CT molecular complexity index is 1270. The molecule has 8 nitrogen and oxygen atoms in total. The van der Waals surface area contributed by atoms with Crippen LogP contribution in [-0.4, -0.2) is 64.1 Å². The standard InChI is InChI=1S/C29H28N4O4/c34-26(22-9-6-14-30-19-22)31-18-21-12-15-32(16-13-21)29(37)25(17-20-7-2-1-3-8-20)33-27(35)23-10-4-5-11-24(23)28(33)36/h1-11,14,19,21,25H,12-13,15-18H2,(H,31,34). The predicted molar refractivity (Wildman–Crippen MR) is 137 cm³/mol. The van der Waals surface area contributed by atoms with Crippen molar-refractivity contribution in [2.75, 3.05) is 19.6 Å². The van der Waals surface area contributed by atoms with Gasteiger partial charge in [0.05, 0.1) is 16.7 Å². The summed E-state index contributed by atoms with van der Waals surface area (Å²) in [7, 11) is 0. The molecule has 2 aliphatic heterocycles. The molecular weight excluding hydrogens is 468 g/mol. The van der Waals surface area contributed by atoms with Gasteiger partial charge in [0.2, 0.25) is 5.91 Å². The SMILES string of the molecule is O=C(NCC1CCN(C(=O)C(Cc2ccccc2)N2C(=O)c3ccccc3C2=O)CC1)c1cccnc1. The molecule has 37 heavy (non-hydrogen) atoms. The van der Waals surface area contributed by atoms with Crippen LogP contribution in [0.15, 0.2) is 79.1 Å². The largest absolute Gasteiger partial charge is 0.352 e. The number of fused-ring (bicyclic) bond motifs is 1. The summed E-state index contributed by atoms with van der Waals surface area (Å²) in [6.45, 7) is 1.52. The van der Waals surface area contributed by atoms with Crippen LogP contribution in [0.1, 0.15) is 49.5 Å². The van der Waals surface area contributed by atoms with E-state index in [1.165, 1.54) is 6.20 Å². The fraction of sp³-hybridized carbons (Fsp3) is 0.276. The Morgan fingerprint density at radius 2 is 1.54 bits per heavy atom. The second-order valence-corrected chi connectivity index (χ2v) is 9.45. The van der Waals surface area contributed by atoms with Crippen LogP contribution >= 0.6 is 0 Å². The number of piperidine rings is 1. The molecule has 5 rings (SSSR count). The zero-order valence-electron chi connectivity index (χ0n) is 20.4. The van der Waals surface area contributed by atoms with E-state index in [-0.39, 0.29) is 24.2 Å². The van der Waals surface area contributed by atoms with Gasteiger partial charge in [0.15, 0.2) is 0 Å². The topological polar surface area (TPSA) is 99.7 Å². The second-order valence-electron chi connectivity index (χ2n) is 9.45. The minimum Gasteiger partial charge on any atom is -0.352 e. The van der Waals surface area contributed by atoms with Gasteiger partial charge in [-0.3, -0.25) is 29.1 Å². The molecule has 0 aliphatic carbocycles. The molecule has 3 aromatic rings. The molecule has 2 aromatic carbocycles. The van der Waals surface area contributed by atoms with Crippen LogP contribution < -0.4 is 5.32 Å². The lowest BCUT2D eigenvalue weighted by molar-refractivity contribution is -0.136. The average molecular weight is 497 g/mol. The van der Waals surface area contributed by atoms with Gasteiger partial charge >= 0.3 is 0 Å². The number of nitrogens with one attached hydrogen (secondary N) is 1. The van der Waals surface area contributed by atoms with Crippen molar-refractivity contribution in [1.29, 1.82) is 0 Å². The van der Waals surface area contributed by atoms with Crippen molar-refractivity contribution in [3.8, 4) is 0 Å². The Balaban J connectivity index is 1.26. The molecule has 0 spiro atoms. The summed E-state index contributed by atoms with van der Waals surface area (Å²) in [4.78, 5) is 59.5. The van der Waals surface area contributed by atoms with E-state index in [9.17, 15) is 19.2 Å². The molecule has 3 heterocycles. The predicted octanol–water partition coefficient (Wildman–Crippen LogP) is 2.96. The molecule has 1 aromatic heterocycles. The summed E-state index contributed by atoms with van der Waals surface area (Å²) < 4.78 is 0. The van der Waals surface area contributed by atoms with E-state index in [1.54, 1.807) is 47.5 Å². The number of pyridine rings is 1. The molecule has 8 heteroatoms. The van der Waals surface area contributed by atoms with Crippen molar-refractivity contribution in [3.05, 3.63) is 101 Å². The van der Waals surface area contributed by atoms with Crippen molar-refractivity contribution in [1.82, 2.24) is 20.1 Å². The van der Waals surface area contributed by atoms with E-state index in [0.717, 1.165) is 23.3 Å².